The van der Waals surface area contributed by atoms with Crippen molar-refractivity contribution in [1.29, 1.82) is 0 Å². The number of hydrogen-bond acceptors (Lipinski definition) is 5. The van der Waals surface area contributed by atoms with Crippen molar-refractivity contribution in [2.45, 2.75) is 45.6 Å². The van der Waals surface area contributed by atoms with Crippen molar-refractivity contribution >= 4 is 5.91 Å². The topological polar surface area (TPSA) is 68.5 Å². The molecule has 0 saturated carbocycles. The van der Waals surface area contributed by atoms with Crippen LogP contribution in [0.5, 0.6) is 5.75 Å². The van der Waals surface area contributed by atoms with E-state index in [1.54, 1.807) is 4.90 Å². The third kappa shape index (κ3) is 4.70. The molecule has 162 valence electrons. The molecule has 1 aromatic heterocycles. The van der Waals surface area contributed by atoms with E-state index in [4.69, 9.17) is 4.52 Å². The summed E-state index contributed by atoms with van der Waals surface area (Å²) in [4.78, 5) is 18.5. The summed E-state index contributed by atoms with van der Waals surface area (Å²) in [6.45, 7) is 4.24. The number of ether oxygens (including phenoxy) is 1. The SMILES string of the molecule is Cc1ccc(-c2noc(C3CCC(=O)N3Cc3ccc(OC(F)(F)F)cc3)n2)cc1C. The Hall–Kier alpha value is -3.36. The monoisotopic (exact) mass is 431 g/mol. The Morgan fingerprint density at radius 1 is 1.13 bits per heavy atom. The van der Waals surface area contributed by atoms with Crippen LogP contribution in [0.4, 0.5) is 13.2 Å². The Bertz CT molecular complexity index is 1090. The van der Waals surface area contributed by atoms with Crippen molar-refractivity contribution < 1.29 is 27.2 Å². The molecule has 1 aliphatic heterocycles. The van der Waals surface area contributed by atoms with Gasteiger partial charge in [-0.25, -0.2) is 0 Å². The van der Waals surface area contributed by atoms with Gasteiger partial charge in [0.1, 0.15) is 11.8 Å². The molecule has 31 heavy (non-hydrogen) atoms. The molecule has 0 bridgehead atoms. The smallest absolute Gasteiger partial charge is 0.406 e. The molecule has 1 fully saturated rings. The lowest BCUT2D eigenvalue weighted by Crippen LogP contribution is -2.27. The van der Waals surface area contributed by atoms with Crippen LogP contribution < -0.4 is 4.74 Å². The van der Waals surface area contributed by atoms with Crippen LogP contribution in [-0.4, -0.2) is 27.3 Å². The molecule has 1 unspecified atom stereocenters. The molecule has 0 aliphatic carbocycles. The van der Waals surface area contributed by atoms with Gasteiger partial charge in [0.2, 0.25) is 17.6 Å². The summed E-state index contributed by atoms with van der Waals surface area (Å²) in [6.07, 6.45) is -3.88. The van der Waals surface area contributed by atoms with Crippen molar-refractivity contribution in [3.05, 3.63) is 65.0 Å². The molecule has 0 N–H and O–H groups in total. The number of nitrogens with zero attached hydrogens (tertiary/aromatic N) is 3. The second kappa shape index (κ2) is 8.05. The summed E-state index contributed by atoms with van der Waals surface area (Å²) < 4.78 is 46.3. The van der Waals surface area contributed by atoms with Crippen LogP contribution >= 0.6 is 0 Å². The molecule has 1 amide bonds. The van der Waals surface area contributed by atoms with Crippen molar-refractivity contribution in [3.63, 3.8) is 0 Å². The highest BCUT2D eigenvalue weighted by Gasteiger charge is 2.36. The number of benzene rings is 2. The van der Waals surface area contributed by atoms with Crippen LogP contribution in [0.15, 0.2) is 47.0 Å². The van der Waals surface area contributed by atoms with Gasteiger partial charge in [-0.3, -0.25) is 4.79 Å². The van der Waals surface area contributed by atoms with Gasteiger partial charge in [0.25, 0.3) is 0 Å². The normalized spacial score (nSPS) is 16.7. The fraction of sp³-hybridized carbons (Fsp3) is 0.318. The molecule has 6 nitrogen and oxygen atoms in total. The zero-order valence-corrected chi connectivity index (χ0v) is 16.9. The minimum Gasteiger partial charge on any atom is -0.406 e. The Balaban J connectivity index is 1.51. The molecule has 1 aliphatic rings. The van der Waals surface area contributed by atoms with Gasteiger partial charge < -0.3 is 14.2 Å². The number of carbonyl (C=O) groups excluding carboxylic acids is 1. The Kier molecular flexibility index (Phi) is 5.43. The maximum absolute atomic E-state index is 12.4. The highest BCUT2D eigenvalue weighted by Crippen LogP contribution is 2.34. The number of carbonyl (C=O) groups is 1. The largest absolute Gasteiger partial charge is 0.573 e. The first-order valence-electron chi connectivity index (χ1n) is 9.75. The number of likely N-dealkylation sites (tertiary alicyclic amines) is 1. The fourth-order valence-corrected chi connectivity index (χ4v) is 3.55. The highest BCUT2D eigenvalue weighted by atomic mass is 19.4. The van der Waals surface area contributed by atoms with Gasteiger partial charge in [-0.1, -0.05) is 29.4 Å². The van der Waals surface area contributed by atoms with Crippen LogP contribution in [0.2, 0.25) is 0 Å². The van der Waals surface area contributed by atoms with Crippen LogP contribution in [0.3, 0.4) is 0 Å². The number of rotatable bonds is 5. The zero-order chi connectivity index (χ0) is 22.2. The fourth-order valence-electron chi connectivity index (χ4n) is 3.55. The van der Waals surface area contributed by atoms with E-state index in [9.17, 15) is 18.0 Å². The molecule has 2 aromatic carbocycles. The molecular weight excluding hydrogens is 411 g/mol. The highest BCUT2D eigenvalue weighted by molar-refractivity contribution is 5.78. The van der Waals surface area contributed by atoms with E-state index in [1.165, 1.54) is 24.3 Å². The van der Waals surface area contributed by atoms with Gasteiger partial charge in [0.15, 0.2) is 0 Å². The molecule has 0 spiro atoms. The van der Waals surface area contributed by atoms with Crippen LogP contribution in [0, 0.1) is 13.8 Å². The second-order valence-corrected chi connectivity index (χ2v) is 7.52. The first kappa shape index (κ1) is 20.9. The van der Waals surface area contributed by atoms with E-state index in [0.29, 0.717) is 30.1 Å². The average molecular weight is 431 g/mol. The van der Waals surface area contributed by atoms with E-state index in [-0.39, 0.29) is 24.2 Å². The molecule has 4 rings (SSSR count). The summed E-state index contributed by atoms with van der Waals surface area (Å²) in [5.41, 5.74) is 3.77. The van der Waals surface area contributed by atoms with Gasteiger partial charge in [-0.2, -0.15) is 4.98 Å². The minimum absolute atomic E-state index is 0.0773. The van der Waals surface area contributed by atoms with Gasteiger partial charge >= 0.3 is 6.36 Å². The van der Waals surface area contributed by atoms with Crippen molar-refractivity contribution in [3.8, 4) is 17.1 Å². The molecule has 9 heteroatoms. The maximum Gasteiger partial charge on any atom is 0.573 e. The summed E-state index contributed by atoms with van der Waals surface area (Å²) in [7, 11) is 0. The van der Waals surface area contributed by atoms with Gasteiger partial charge in [-0.15, -0.1) is 13.2 Å². The number of halogens is 3. The first-order valence-corrected chi connectivity index (χ1v) is 9.75. The first-order chi connectivity index (χ1) is 14.7. The van der Waals surface area contributed by atoms with Gasteiger partial charge in [0, 0.05) is 18.5 Å². The lowest BCUT2D eigenvalue weighted by Gasteiger charge is -2.22. The van der Waals surface area contributed by atoms with Crippen molar-refractivity contribution in [2.75, 3.05) is 0 Å². The van der Waals surface area contributed by atoms with Crippen LogP contribution in [-0.2, 0) is 11.3 Å². The molecule has 3 aromatic rings. The number of aryl methyl sites for hydroxylation is 2. The maximum atomic E-state index is 12.4. The van der Waals surface area contributed by atoms with Gasteiger partial charge in [0.05, 0.1) is 0 Å². The standard InChI is InChI=1S/C22H20F3N3O3/c1-13-3-6-16(11-14(13)2)20-26-21(31-27-20)18-9-10-19(29)28(18)12-15-4-7-17(8-5-15)30-22(23,24)25/h3-8,11,18H,9-10,12H2,1-2H3. The van der Waals surface area contributed by atoms with E-state index >= 15 is 0 Å². The molecule has 0 radical (unpaired) electrons. The molecular formula is C22H20F3N3O3. The summed E-state index contributed by atoms with van der Waals surface area (Å²) >= 11 is 0. The second-order valence-electron chi connectivity index (χ2n) is 7.52. The number of alkyl halides is 3. The summed E-state index contributed by atoms with van der Waals surface area (Å²) in [6, 6.07) is 10.9. The Morgan fingerprint density at radius 3 is 2.55 bits per heavy atom. The Morgan fingerprint density at radius 2 is 1.87 bits per heavy atom. The predicted octanol–water partition coefficient (Wildman–Crippen LogP) is 5.12. The predicted molar refractivity (Wildman–Crippen MR) is 105 cm³/mol. The average Bonchev–Trinajstić information content (AvgIpc) is 3.32. The van der Waals surface area contributed by atoms with E-state index < -0.39 is 6.36 Å². The lowest BCUT2D eigenvalue weighted by molar-refractivity contribution is -0.274. The number of aromatic nitrogens is 2. The number of hydrogen-bond donors (Lipinski definition) is 0. The summed E-state index contributed by atoms with van der Waals surface area (Å²) in [5.74, 6) is 0.407. The third-order valence-electron chi connectivity index (χ3n) is 5.33. The number of amides is 1. The van der Waals surface area contributed by atoms with Gasteiger partial charge in [-0.05, 0) is 55.2 Å². The Labute approximate surface area is 176 Å². The zero-order valence-electron chi connectivity index (χ0n) is 16.9. The van der Waals surface area contributed by atoms with E-state index in [0.717, 1.165) is 16.7 Å². The van der Waals surface area contributed by atoms with E-state index in [2.05, 4.69) is 14.9 Å². The van der Waals surface area contributed by atoms with Crippen LogP contribution in [0.1, 0.15) is 41.5 Å². The molecule has 1 saturated heterocycles. The van der Waals surface area contributed by atoms with E-state index in [1.807, 2.05) is 32.0 Å². The molecule has 2 heterocycles. The third-order valence-corrected chi connectivity index (χ3v) is 5.33. The lowest BCUT2D eigenvalue weighted by atomic mass is 10.1. The summed E-state index contributed by atoms with van der Waals surface area (Å²) in [5, 5.41) is 4.07. The van der Waals surface area contributed by atoms with Crippen LogP contribution in [0.25, 0.3) is 11.4 Å². The molecule has 1 atom stereocenters. The quantitative estimate of drug-likeness (QED) is 0.561. The van der Waals surface area contributed by atoms with Crippen molar-refractivity contribution in [2.24, 2.45) is 0 Å². The minimum atomic E-state index is -4.75. The van der Waals surface area contributed by atoms with Crippen molar-refractivity contribution in [1.82, 2.24) is 15.0 Å².